The predicted molar refractivity (Wildman–Crippen MR) is 48.4 cm³/mol. The fourth-order valence-electron chi connectivity index (χ4n) is 1.13. The molecule has 0 atom stereocenters. The number of hydrogen-bond acceptors (Lipinski definition) is 2. The van der Waals surface area contributed by atoms with Crippen LogP contribution < -0.4 is 0 Å². The summed E-state index contributed by atoms with van der Waals surface area (Å²) in [6.07, 6.45) is 2.27. The van der Waals surface area contributed by atoms with Crippen molar-refractivity contribution in [2.75, 3.05) is 0 Å². The van der Waals surface area contributed by atoms with Gasteiger partial charge in [-0.25, -0.2) is 0 Å². The maximum Gasteiger partial charge on any atom is 0.119 e. The molecule has 0 aromatic heterocycles. The minimum Gasteiger partial charge on any atom is -0.508 e. The first-order chi connectivity index (χ1) is 5.66. The highest BCUT2D eigenvalue weighted by molar-refractivity contribution is 5.47. The summed E-state index contributed by atoms with van der Waals surface area (Å²) in [5.74, 6) is 0.426. The lowest BCUT2D eigenvalue weighted by Crippen LogP contribution is -1.88. The molecule has 2 nitrogen and oxygen atoms in total. The molecule has 12 heavy (non-hydrogen) atoms. The first kappa shape index (κ1) is 8.65. The summed E-state index contributed by atoms with van der Waals surface area (Å²) < 4.78 is 0. The van der Waals surface area contributed by atoms with Crippen molar-refractivity contribution in [1.29, 1.82) is 0 Å². The van der Waals surface area contributed by atoms with E-state index in [9.17, 15) is 10.2 Å². The third kappa shape index (κ3) is 1.42. The van der Waals surface area contributed by atoms with Gasteiger partial charge < -0.3 is 10.2 Å². The number of rotatable bonds is 2. The molecule has 0 amide bonds. The molecule has 0 saturated heterocycles. The number of hydrogen-bond donors (Lipinski definition) is 2. The molecule has 0 unspecified atom stereocenters. The third-order valence-corrected chi connectivity index (χ3v) is 1.89. The Bertz CT molecular complexity index is 303. The Hall–Kier alpha value is -1.44. The van der Waals surface area contributed by atoms with Crippen LogP contribution in [0.5, 0.6) is 11.5 Å². The van der Waals surface area contributed by atoms with Gasteiger partial charge in [-0.2, -0.15) is 0 Å². The quantitative estimate of drug-likeness (QED) is 0.519. The highest BCUT2D eigenvalue weighted by Crippen LogP contribution is 2.28. The number of phenolic OH excluding ortho intramolecular Hbond substituents is 2. The maximum absolute atomic E-state index is 9.39. The van der Waals surface area contributed by atoms with Crippen molar-refractivity contribution < 1.29 is 10.2 Å². The molecule has 0 aliphatic heterocycles. The first-order valence-electron chi connectivity index (χ1n) is 3.78. The zero-order valence-corrected chi connectivity index (χ0v) is 7.04. The monoisotopic (exact) mass is 164 g/mol. The molecule has 1 rings (SSSR count). The molecular weight excluding hydrogens is 152 g/mol. The summed E-state index contributed by atoms with van der Waals surface area (Å²) in [6.45, 7) is 5.35. The summed E-state index contributed by atoms with van der Waals surface area (Å²) in [4.78, 5) is 0. The fourth-order valence-corrected chi connectivity index (χ4v) is 1.13. The molecule has 1 aromatic rings. The van der Waals surface area contributed by atoms with Gasteiger partial charge in [0.25, 0.3) is 0 Å². The molecule has 0 heterocycles. The van der Waals surface area contributed by atoms with Crippen molar-refractivity contribution in [3.05, 3.63) is 35.9 Å². The Labute approximate surface area is 71.8 Å². The van der Waals surface area contributed by atoms with E-state index in [1.54, 1.807) is 13.0 Å². The molecule has 0 bridgehead atoms. The summed E-state index contributed by atoms with van der Waals surface area (Å²) in [5, 5.41) is 18.7. The minimum absolute atomic E-state index is 0.213. The molecule has 0 fully saturated rings. The average molecular weight is 164 g/mol. The van der Waals surface area contributed by atoms with Gasteiger partial charge in [0.2, 0.25) is 0 Å². The molecule has 0 radical (unpaired) electrons. The van der Waals surface area contributed by atoms with Gasteiger partial charge in [0.15, 0.2) is 0 Å². The molecule has 2 N–H and O–H groups in total. The molecule has 0 aliphatic rings. The van der Waals surface area contributed by atoms with Gasteiger partial charge in [-0.15, -0.1) is 6.58 Å². The van der Waals surface area contributed by atoms with E-state index in [1.807, 2.05) is 0 Å². The van der Waals surface area contributed by atoms with Gasteiger partial charge in [0.1, 0.15) is 11.5 Å². The van der Waals surface area contributed by atoms with E-state index in [4.69, 9.17) is 0 Å². The Morgan fingerprint density at radius 1 is 1.33 bits per heavy atom. The van der Waals surface area contributed by atoms with Crippen LogP contribution in [0, 0.1) is 6.92 Å². The van der Waals surface area contributed by atoms with Crippen molar-refractivity contribution in [3.63, 3.8) is 0 Å². The normalized spacial score (nSPS) is 9.75. The van der Waals surface area contributed by atoms with E-state index >= 15 is 0 Å². The van der Waals surface area contributed by atoms with Gasteiger partial charge in [-0.05, 0) is 31.0 Å². The maximum atomic E-state index is 9.39. The van der Waals surface area contributed by atoms with Crippen molar-refractivity contribution in [2.45, 2.75) is 13.3 Å². The number of phenols is 2. The smallest absolute Gasteiger partial charge is 0.119 e. The highest BCUT2D eigenvalue weighted by Gasteiger charge is 2.06. The van der Waals surface area contributed by atoms with Crippen LogP contribution in [0.25, 0.3) is 0 Å². The Morgan fingerprint density at radius 3 is 2.50 bits per heavy atom. The van der Waals surface area contributed by atoms with Crippen molar-refractivity contribution in [3.8, 4) is 11.5 Å². The van der Waals surface area contributed by atoms with Crippen LogP contribution in [0.3, 0.4) is 0 Å². The second-order valence-corrected chi connectivity index (χ2v) is 2.70. The van der Waals surface area contributed by atoms with Crippen LogP contribution in [0.4, 0.5) is 0 Å². The molecular formula is C10H12O2. The van der Waals surface area contributed by atoms with Crippen LogP contribution in [0.15, 0.2) is 24.8 Å². The van der Waals surface area contributed by atoms with Crippen molar-refractivity contribution >= 4 is 0 Å². The average Bonchev–Trinajstić information content (AvgIpc) is 2.06. The van der Waals surface area contributed by atoms with Gasteiger partial charge in [0.05, 0.1) is 0 Å². The summed E-state index contributed by atoms with van der Waals surface area (Å²) >= 11 is 0. The predicted octanol–water partition coefficient (Wildman–Crippen LogP) is 2.13. The lowest BCUT2D eigenvalue weighted by atomic mass is 10.0. The van der Waals surface area contributed by atoms with Crippen LogP contribution in [0.1, 0.15) is 11.1 Å². The standard InChI is InChI=1S/C10H12O2/c1-3-4-8-7(2)9(11)5-6-10(8)12/h3,5-6,11-12H,1,4H2,2H3. The van der Waals surface area contributed by atoms with E-state index in [0.29, 0.717) is 6.42 Å². The molecule has 0 spiro atoms. The second-order valence-electron chi connectivity index (χ2n) is 2.70. The Kier molecular flexibility index (Phi) is 2.38. The lowest BCUT2D eigenvalue weighted by molar-refractivity contribution is 0.452. The third-order valence-electron chi connectivity index (χ3n) is 1.89. The number of benzene rings is 1. The SMILES string of the molecule is C=CCc1c(O)ccc(O)c1C. The zero-order chi connectivity index (χ0) is 9.14. The number of aromatic hydroxyl groups is 2. The van der Waals surface area contributed by atoms with Gasteiger partial charge in [-0.1, -0.05) is 6.08 Å². The second kappa shape index (κ2) is 3.30. The van der Waals surface area contributed by atoms with Gasteiger partial charge in [0, 0.05) is 5.56 Å². The Morgan fingerprint density at radius 2 is 1.92 bits per heavy atom. The van der Waals surface area contributed by atoms with Crippen molar-refractivity contribution in [2.24, 2.45) is 0 Å². The van der Waals surface area contributed by atoms with E-state index < -0.39 is 0 Å². The molecule has 0 aliphatic carbocycles. The topological polar surface area (TPSA) is 40.5 Å². The molecule has 64 valence electrons. The number of allylic oxidation sites excluding steroid dienone is 1. The van der Waals surface area contributed by atoms with Gasteiger partial charge >= 0.3 is 0 Å². The van der Waals surface area contributed by atoms with Crippen LogP contribution >= 0.6 is 0 Å². The van der Waals surface area contributed by atoms with Crippen LogP contribution in [0.2, 0.25) is 0 Å². The zero-order valence-electron chi connectivity index (χ0n) is 7.04. The first-order valence-corrected chi connectivity index (χ1v) is 3.78. The highest BCUT2D eigenvalue weighted by atomic mass is 16.3. The van der Waals surface area contributed by atoms with Crippen molar-refractivity contribution in [1.82, 2.24) is 0 Å². The Balaban J connectivity index is 3.22. The van der Waals surface area contributed by atoms with E-state index in [0.717, 1.165) is 11.1 Å². The largest absolute Gasteiger partial charge is 0.508 e. The molecule has 0 saturated carbocycles. The lowest BCUT2D eigenvalue weighted by Gasteiger charge is -2.07. The summed E-state index contributed by atoms with van der Waals surface area (Å²) in [6, 6.07) is 2.97. The summed E-state index contributed by atoms with van der Waals surface area (Å²) in [5.41, 5.74) is 1.46. The van der Waals surface area contributed by atoms with Gasteiger partial charge in [-0.3, -0.25) is 0 Å². The fraction of sp³-hybridized carbons (Fsp3) is 0.200. The summed E-state index contributed by atoms with van der Waals surface area (Å²) in [7, 11) is 0. The van der Waals surface area contributed by atoms with E-state index in [1.165, 1.54) is 12.1 Å². The molecule has 2 heteroatoms. The van der Waals surface area contributed by atoms with Crippen LogP contribution in [-0.2, 0) is 6.42 Å². The molecule has 1 aromatic carbocycles. The van der Waals surface area contributed by atoms with Crippen LogP contribution in [-0.4, -0.2) is 10.2 Å². The van der Waals surface area contributed by atoms with E-state index in [2.05, 4.69) is 6.58 Å². The van der Waals surface area contributed by atoms with E-state index in [-0.39, 0.29) is 11.5 Å². The minimum atomic E-state index is 0.213.